The van der Waals surface area contributed by atoms with Gasteiger partial charge in [0.25, 0.3) is 0 Å². The van der Waals surface area contributed by atoms with E-state index in [4.69, 9.17) is 0 Å². The van der Waals surface area contributed by atoms with Gasteiger partial charge in [0.2, 0.25) is 0 Å². The smallest absolute Gasteiger partial charge is 0.123 e. The first-order valence-electron chi connectivity index (χ1n) is 5.70. The number of benzene rings is 1. The van der Waals surface area contributed by atoms with E-state index in [1.54, 1.807) is 6.07 Å². The van der Waals surface area contributed by atoms with Gasteiger partial charge in [0.05, 0.1) is 6.10 Å². The molecule has 0 spiro atoms. The van der Waals surface area contributed by atoms with E-state index in [0.29, 0.717) is 13.1 Å². The summed E-state index contributed by atoms with van der Waals surface area (Å²) in [5, 5.41) is 16.0. The molecule has 0 amide bonds. The van der Waals surface area contributed by atoms with Crippen molar-refractivity contribution >= 4 is 28.3 Å². The quantitative estimate of drug-likeness (QED) is 0.782. The Morgan fingerprint density at radius 1 is 1.44 bits per heavy atom. The standard InChI is InChI=1S/C12H16BrFN2O.ClH/c13-11-2-1-10(14)3-8(11)4-15-5-9-6-16-7-12(9)17;/h1-3,9,12,15-17H,4-7H2;1H. The molecule has 3 N–H and O–H groups in total. The zero-order valence-corrected chi connectivity index (χ0v) is 12.2. The number of nitrogens with one attached hydrogen (secondary N) is 2. The summed E-state index contributed by atoms with van der Waals surface area (Å²) in [6.45, 7) is 2.83. The molecule has 1 saturated heterocycles. The number of hydrogen-bond acceptors (Lipinski definition) is 3. The van der Waals surface area contributed by atoms with E-state index in [-0.39, 0.29) is 30.2 Å². The Morgan fingerprint density at radius 2 is 2.22 bits per heavy atom. The van der Waals surface area contributed by atoms with Gasteiger partial charge in [-0.3, -0.25) is 0 Å². The SMILES string of the molecule is Cl.OC1CNCC1CNCc1cc(F)ccc1Br. The molecule has 0 aromatic heterocycles. The highest BCUT2D eigenvalue weighted by atomic mass is 79.9. The van der Waals surface area contributed by atoms with Crippen molar-refractivity contribution in [2.75, 3.05) is 19.6 Å². The largest absolute Gasteiger partial charge is 0.391 e. The van der Waals surface area contributed by atoms with Crippen LogP contribution in [0.5, 0.6) is 0 Å². The van der Waals surface area contributed by atoms with Gasteiger partial charge in [-0.2, -0.15) is 0 Å². The fourth-order valence-electron chi connectivity index (χ4n) is 2.00. The van der Waals surface area contributed by atoms with Gasteiger partial charge in [0.1, 0.15) is 5.82 Å². The van der Waals surface area contributed by atoms with Gasteiger partial charge >= 0.3 is 0 Å². The van der Waals surface area contributed by atoms with E-state index in [1.807, 2.05) is 0 Å². The second-order valence-electron chi connectivity index (χ2n) is 4.35. The van der Waals surface area contributed by atoms with E-state index in [0.717, 1.165) is 23.1 Å². The average molecular weight is 340 g/mol. The maximum absolute atomic E-state index is 13.0. The van der Waals surface area contributed by atoms with Crippen molar-refractivity contribution < 1.29 is 9.50 Å². The monoisotopic (exact) mass is 338 g/mol. The Bertz CT molecular complexity index is 394. The summed E-state index contributed by atoms with van der Waals surface area (Å²) in [5.41, 5.74) is 0.894. The molecular formula is C12H17BrClFN2O. The Hall–Kier alpha value is -0.200. The highest BCUT2D eigenvalue weighted by Gasteiger charge is 2.24. The van der Waals surface area contributed by atoms with E-state index >= 15 is 0 Å². The Balaban J connectivity index is 0.00000162. The van der Waals surface area contributed by atoms with Crippen LogP contribution in [0, 0.1) is 11.7 Å². The molecule has 102 valence electrons. The predicted octanol–water partition coefficient (Wildman–Crippen LogP) is 1.68. The maximum atomic E-state index is 13.0. The minimum Gasteiger partial charge on any atom is -0.391 e. The highest BCUT2D eigenvalue weighted by Crippen LogP contribution is 2.17. The molecule has 3 nitrogen and oxygen atoms in total. The summed E-state index contributed by atoms with van der Waals surface area (Å²) in [6.07, 6.45) is -0.279. The molecule has 1 fully saturated rings. The molecule has 0 radical (unpaired) electrons. The van der Waals surface area contributed by atoms with E-state index in [9.17, 15) is 9.50 Å². The molecular weight excluding hydrogens is 322 g/mol. The van der Waals surface area contributed by atoms with Gasteiger partial charge in [-0.25, -0.2) is 4.39 Å². The summed E-state index contributed by atoms with van der Waals surface area (Å²) in [4.78, 5) is 0. The number of halogens is 3. The molecule has 0 saturated carbocycles. The minimum absolute atomic E-state index is 0. The normalized spacial score (nSPS) is 22.8. The molecule has 0 aliphatic carbocycles. The first-order chi connectivity index (χ1) is 8.16. The molecule has 2 rings (SSSR count). The number of rotatable bonds is 4. The Labute approximate surface area is 121 Å². The van der Waals surface area contributed by atoms with Crippen LogP contribution in [-0.2, 0) is 6.54 Å². The fraction of sp³-hybridized carbons (Fsp3) is 0.500. The number of hydrogen-bond donors (Lipinski definition) is 3. The molecule has 1 aromatic rings. The van der Waals surface area contributed by atoms with Crippen LogP contribution in [0.1, 0.15) is 5.56 Å². The van der Waals surface area contributed by atoms with E-state index < -0.39 is 0 Å². The second-order valence-corrected chi connectivity index (χ2v) is 5.21. The summed E-state index contributed by atoms with van der Waals surface area (Å²) >= 11 is 3.39. The molecule has 1 aromatic carbocycles. The molecule has 2 unspecified atom stereocenters. The summed E-state index contributed by atoms with van der Waals surface area (Å²) < 4.78 is 13.9. The van der Waals surface area contributed by atoms with Gasteiger partial charge in [-0.05, 0) is 23.8 Å². The van der Waals surface area contributed by atoms with Gasteiger partial charge in [0, 0.05) is 36.6 Å². The molecule has 18 heavy (non-hydrogen) atoms. The Kier molecular flexibility index (Phi) is 6.52. The first kappa shape index (κ1) is 15.9. The number of aliphatic hydroxyl groups is 1. The molecule has 2 atom stereocenters. The minimum atomic E-state index is -0.279. The van der Waals surface area contributed by atoms with Crippen molar-refractivity contribution in [1.29, 1.82) is 0 Å². The van der Waals surface area contributed by atoms with Crippen LogP contribution in [0.3, 0.4) is 0 Å². The number of β-amino-alcohol motifs (C(OH)–C–C–N with tert-alkyl or cyclic N) is 1. The van der Waals surface area contributed by atoms with Crippen molar-refractivity contribution in [3.05, 3.63) is 34.1 Å². The molecule has 1 aliphatic rings. The molecule has 1 heterocycles. The zero-order chi connectivity index (χ0) is 12.3. The van der Waals surface area contributed by atoms with Gasteiger partial charge in [-0.15, -0.1) is 12.4 Å². The van der Waals surface area contributed by atoms with Gasteiger partial charge in [0.15, 0.2) is 0 Å². The van der Waals surface area contributed by atoms with E-state index in [2.05, 4.69) is 26.6 Å². The van der Waals surface area contributed by atoms with Crippen molar-refractivity contribution in [1.82, 2.24) is 10.6 Å². The molecule has 0 bridgehead atoms. The van der Waals surface area contributed by atoms with Crippen molar-refractivity contribution in [2.24, 2.45) is 5.92 Å². The van der Waals surface area contributed by atoms with Crippen LogP contribution in [0.15, 0.2) is 22.7 Å². The van der Waals surface area contributed by atoms with Crippen LogP contribution in [0.25, 0.3) is 0 Å². The summed E-state index contributed by atoms with van der Waals surface area (Å²) in [7, 11) is 0. The van der Waals surface area contributed by atoms with Gasteiger partial charge in [-0.1, -0.05) is 15.9 Å². The lowest BCUT2D eigenvalue weighted by atomic mass is 10.1. The van der Waals surface area contributed by atoms with Crippen LogP contribution in [-0.4, -0.2) is 30.8 Å². The average Bonchev–Trinajstić information content (AvgIpc) is 2.70. The van der Waals surface area contributed by atoms with Crippen molar-refractivity contribution in [3.8, 4) is 0 Å². The van der Waals surface area contributed by atoms with Crippen LogP contribution >= 0.6 is 28.3 Å². The van der Waals surface area contributed by atoms with Crippen LogP contribution < -0.4 is 10.6 Å². The summed E-state index contributed by atoms with van der Waals surface area (Å²) in [6, 6.07) is 4.65. The fourth-order valence-corrected chi connectivity index (χ4v) is 2.39. The highest BCUT2D eigenvalue weighted by molar-refractivity contribution is 9.10. The first-order valence-corrected chi connectivity index (χ1v) is 6.49. The molecule has 6 heteroatoms. The van der Waals surface area contributed by atoms with E-state index in [1.165, 1.54) is 12.1 Å². The lowest BCUT2D eigenvalue weighted by Crippen LogP contribution is -2.30. The van der Waals surface area contributed by atoms with Gasteiger partial charge < -0.3 is 15.7 Å². The number of aliphatic hydroxyl groups excluding tert-OH is 1. The van der Waals surface area contributed by atoms with Crippen molar-refractivity contribution in [3.63, 3.8) is 0 Å². The van der Waals surface area contributed by atoms with Crippen LogP contribution in [0.4, 0.5) is 4.39 Å². The third-order valence-electron chi connectivity index (χ3n) is 3.03. The third kappa shape index (κ3) is 4.17. The van der Waals surface area contributed by atoms with Crippen molar-refractivity contribution in [2.45, 2.75) is 12.6 Å². The lowest BCUT2D eigenvalue weighted by Gasteiger charge is -2.14. The third-order valence-corrected chi connectivity index (χ3v) is 3.81. The Morgan fingerprint density at radius 3 is 2.89 bits per heavy atom. The lowest BCUT2D eigenvalue weighted by molar-refractivity contribution is 0.146. The topological polar surface area (TPSA) is 44.3 Å². The summed E-state index contributed by atoms with van der Waals surface area (Å²) in [5.74, 6) is 0.00917. The second kappa shape index (κ2) is 7.40. The molecule has 1 aliphatic heterocycles. The maximum Gasteiger partial charge on any atom is 0.123 e. The predicted molar refractivity (Wildman–Crippen MR) is 75.4 cm³/mol. The zero-order valence-electron chi connectivity index (χ0n) is 9.83. The van der Waals surface area contributed by atoms with Crippen LogP contribution in [0.2, 0.25) is 0 Å².